The van der Waals surface area contributed by atoms with Crippen molar-refractivity contribution in [1.29, 1.82) is 0 Å². The van der Waals surface area contributed by atoms with E-state index in [1.54, 1.807) is 6.07 Å². The first kappa shape index (κ1) is 37.5. The Morgan fingerprint density at radius 2 is 1.80 bits per heavy atom. The van der Waals surface area contributed by atoms with Crippen molar-refractivity contribution in [1.82, 2.24) is 15.5 Å². The van der Waals surface area contributed by atoms with Crippen LogP contribution < -0.4 is 21.1 Å². The fraction of sp³-hybridized carbons (Fsp3) is 0.513. The molecule has 2 aromatic rings. The quantitative estimate of drug-likeness (QED) is 0.269. The van der Waals surface area contributed by atoms with E-state index in [9.17, 15) is 24.0 Å². The Kier molecular flexibility index (Phi) is 10.9. The zero-order valence-corrected chi connectivity index (χ0v) is 30.3. The lowest BCUT2D eigenvalue weighted by Crippen LogP contribution is -2.59. The van der Waals surface area contributed by atoms with E-state index in [0.717, 1.165) is 16.7 Å². The molecule has 2 radical (unpaired) electrons. The molecule has 2 fully saturated rings. The molecule has 1 aliphatic carbocycles. The lowest BCUT2D eigenvalue weighted by atomic mass is 9.85. The van der Waals surface area contributed by atoms with E-state index >= 15 is 0 Å². The maximum Gasteiger partial charge on any atom is 0.287 e. The zero-order valence-electron chi connectivity index (χ0n) is 30.3. The molecule has 1 spiro atoms. The molecule has 3 aliphatic rings. The predicted octanol–water partition coefficient (Wildman–Crippen LogP) is 3.59. The van der Waals surface area contributed by atoms with Crippen LogP contribution in [0.15, 0.2) is 47.6 Å². The van der Waals surface area contributed by atoms with E-state index in [1.165, 1.54) is 4.90 Å². The van der Waals surface area contributed by atoms with Gasteiger partial charge in [0.25, 0.3) is 5.91 Å². The Hall–Kier alpha value is -4.74. The smallest absolute Gasteiger partial charge is 0.287 e. The molecule has 1 saturated heterocycles. The molecule has 4 N–H and O–H groups in total. The largest absolute Gasteiger partial charge is 0.493 e. The highest BCUT2D eigenvalue weighted by molar-refractivity contribution is 6.37. The first-order chi connectivity index (χ1) is 24.1. The number of rotatable bonds is 13. The van der Waals surface area contributed by atoms with Crippen LogP contribution in [0.3, 0.4) is 0 Å². The fourth-order valence-electron chi connectivity index (χ4n) is 7.21. The predicted molar refractivity (Wildman–Crippen MR) is 191 cm³/mol. The minimum Gasteiger partial charge on any atom is -0.493 e. The van der Waals surface area contributed by atoms with Gasteiger partial charge in [0.05, 0.1) is 24.9 Å². The number of primary amides is 1. The minimum atomic E-state index is -1.16. The van der Waals surface area contributed by atoms with Crippen LogP contribution in [0.2, 0.25) is 0 Å². The van der Waals surface area contributed by atoms with Crippen LogP contribution in [-0.2, 0) is 28.8 Å². The Balaban J connectivity index is 1.42. The topological polar surface area (TPSA) is 169 Å². The zero-order chi connectivity index (χ0) is 37.2. The molecule has 51 heavy (non-hydrogen) atoms. The number of nitrogens with one attached hydrogen (secondary N) is 2. The minimum absolute atomic E-state index is 0.0108. The van der Waals surface area contributed by atoms with Gasteiger partial charge in [-0.05, 0) is 66.8 Å². The third kappa shape index (κ3) is 8.10. The Labute approximate surface area is 299 Å². The van der Waals surface area contributed by atoms with Gasteiger partial charge >= 0.3 is 0 Å². The average molecular weight is 700 g/mol. The second-order valence-electron chi connectivity index (χ2n) is 15.1. The van der Waals surface area contributed by atoms with Crippen molar-refractivity contribution >= 4 is 35.1 Å². The van der Waals surface area contributed by atoms with E-state index in [0.29, 0.717) is 36.5 Å². The van der Waals surface area contributed by atoms with Crippen LogP contribution in [0, 0.1) is 25.2 Å². The third-order valence-corrected chi connectivity index (χ3v) is 9.96. The number of ketones is 1. The summed E-state index contributed by atoms with van der Waals surface area (Å²) in [5, 5.41) is 10.1. The van der Waals surface area contributed by atoms with Crippen molar-refractivity contribution in [2.75, 3.05) is 13.2 Å². The van der Waals surface area contributed by atoms with Crippen LogP contribution in [0.25, 0.3) is 0 Å². The number of hydrogen-bond donors (Lipinski definition) is 3. The van der Waals surface area contributed by atoms with Gasteiger partial charge in [0.1, 0.15) is 17.8 Å². The van der Waals surface area contributed by atoms with Crippen molar-refractivity contribution in [3.05, 3.63) is 71.6 Å². The molecule has 12 heteroatoms. The van der Waals surface area contributed by atoms with Gasteiger partial charge in [0.2, 0.25) is 23.5 Å². The van der Waals surface area contributed by atoms with E-state index in [4.69, 9.17) is 22.2 Å². The number of carbonyl (C=O) groups is 5. The van der Waals surface area contributed by atoms with Gasteiger partial charge < -0.3 is 30.8 Å². The summed E-state index contributed by atoms with van der Waals surface area (Å²) in [5.74, 6) is -3.01. The highest BCUT2D eigenvalue weighted by Crippen LogP contribution is 2.48. The van der Waals surface area contributed by atoms with Gasteiger partial charge in [-0.15, -0.1) is 0 Å². The van der Waals surface area contributed by atoms with Crippen molar-refractivity contribution in [3.63, 3.8) is 0 Å². The summed E-state index contributed by atoms with van der Waals surface area (Å²) in [6, 6.07) is 10.2. The number of likely N-dealkylation sites (tertiary alicyclic amines) is 1. The Morgan fingerprint density at radius 1 is 1.10 bits per heavy atom. The number of nitrogens with zero attached hydrogens (tertiary/aromatic N) is 2. The van der Waals surface area contributed by atoms with Gasteiger partial charge in [0.15, 0.2) is 5.60 Å². The standard InChI is InChI=1S/C39H49N5O7/c1-8-13-28(31(45)34(40)46)41-36(48)30-20-39(19-29(43-51-39)25-16-22(3)32(50-9-2)23(4)17-25)21-44(30)37(49)33(38(5,6)7)42-35(47)27-18-26(27)24-14-11-10-12-15-24/h3,10-12,14-17,26-28,30,33H,8-9,13,18-21H2,1-2,4-7H3,(H2,40,46)(H,41,48)(H,42,47)/t26-,27+,28-,30-,33+,39+/m0/s1. The number of amides is 4. The van der Waals surface area contributed by atoms with Gasteiger partial charge in [0, 0.05) is 31.2 Å². The van der Waals surface area contributed by atoms with Crippen molar-refractivity contribution < 1.29 is 33.5 Å². The highest BCUT2D eigenvalue weighted by Gasteiger charge is 2.56. The van der Waals surface area contributed by atoms with E-state index < -0.39 is 52.6 Å². The van der Waals surface area contributed by atoms with E-state index in [2.05, 4.69) is 15.8 Å². The first-order valence-electron chi connectivity index (χ1n) is 17.7. The number of benzene rings is 2. The molecule has 0 aromatic heterocycles. The molecular formula is C39H49N5O7. The molecule has 12 nitrogen and oxygen atoms in total. The molecule has 2 aromatic carbocycles. The number of aryl methyl sites for hydroxylation is 1. The summed E-state index contributed by atoms with van der Waals surface area (Å²) >= 11 is 0. The van der Waals surface area contributed by atoms with Crippen molar-refractivity contribution in [2.45, 2.75) is 103 Å². The Morgan fingerprint density at radius 3 is 2.41 bits per heavy atom. The summed E-state index contributed by atoms with van der Waals surface area (Å²) < 4.78 is 5.70. The summed E-state index contributed by atoms with van der Waals surface area (Å²) in [6.45, 7) is 17.9. The molecule has 0 bridgehead atoms. The second-order valence-corrected chi connectivity index (χ2v) is 15.1. The second kappa shape index (κ2) is 14.9. The lowest BCUT2D eigenvalue weighted by molar-refractivity contribution is -0.145. The van der Waals surface area contributed by atoms with E-state index in [-0.39, 0.29) is 43.6 Å². The summed E-state index contributed by atoms with van der Waals surface area (Å²) in [6.07, 6.45) is 1.67. The number of nitrogens with two attached hydrogens (primary N) is 1. The van der Waals surface area contributed by atoms with Crippen LogP contribution in [-0.4, -0.2) is 76.9 Å². The van der Waals surface area contributed by atoms with Gasteiger partial charge in [-0.25, -0.2) is 0 Å². The van der Waals surface area contributed by atoms with Gasteiger partial charge in [-0.3, -0.25) is 24.0 Å². The van der Waals surface area contributed by atoms with Crippen LogP contribution in [0.5, 0.6) is 5.75 Å². The molecule has 1 saturated carbocycles. The number of ether oxygens (including phenoxy) is 1. The molecular weight excluding hydrogens is 650 g/mol. The van der Waals surface area contributed by atoms with Crippen molar-refractivity contribution in [3.8, 4) is 5.75 Å². The summed E-state index contributed by atoms with van der Waals surface area (Å²) in [5.41, 5.74) is 7.15. The van der Waals surface area contributed by atoms with Crippen LogP contribution in [0.4, 0.5) is 0 Å². The highest BCUT2D eigenvalue weighted by atomic mass is 16.7. The molecule has 272 valence electrons. The molecule has 6 atom stereocenters. The fourth-order valence-corrected chi connectivity index (χ4v) is 7.21. The van der Waals surface area contributed by atoms with Gasteiger partial charge in [-0.2, -0.15) is 0 Å². The first-order valence-corrected chi connectivity index (χ1v) is 17.7. The van der Waals surface area contributed by atoms with E-state index in [1.807, 2.05) is 77.9 Å². The normalized spacial score (nSPS) is 23.5. The maximum absolute atomic E-state index is 14.6. The molecule has 2 aliphatic heterocycles. The van der Waals surface area contributed by atoms with Crippen LogP contribution >= 0.6 is 0 Å². The monoisotopic (exact) mass is 699 g/mol. The third-order valence-electron chi connectivity index (χ3n) is 9.96. The summed E-state index contributed by atoms with van der Waals surface area (Å²) in [4.78, 5) is 74.3. The van der Waals surface area contributed by atoms with Gasteiger partial charge in [-0.1, -0.05) is 69.6 Å². The summed E-state index contributed by atoms with van der Waals surface area (Å²) in [7, 11) is 0. The maximum atomic E-state index is 14.6. The molecule has 5 rings (SSSR count). The lowest BCUT2D eigenvalue weighted by Gasteiger charge is -2.35. The molecule has 2 heterocycles. The Bertz CT molecular complexity index is 1690. The molecule has 0 unspecified atom stereocenters. The number of carbonyl (C=O) groups excluding carboxylic acids is 5. The van der Waals surface area contributed by atoms with Crippen LogP contribution in [0.1, 0.15) is 94.9 Å². The number of Topliss-reactive ketones (excluding diaryl/α,β-unsaturated/α-hetero) is 1. The average Bonchev–Trinajstić information content (AvgIpc) is 3.65. The SMILES string of the molecule is [CH]c1cc(C2=NO[C@]3(C2)C[C@@H](C(=O)N[C@@H](CCC)C(=O)C(N)=O)N(C(=O)[C@@H](NC(=O)[C@@H]2C[C@H]2c2ccccc2)C(C)(C)C)C3)cc(C)c1OCC. The number of hydrogen-bond acceptors (Lipinski definition) is 8. The number of oxime groups is 1. The van der Waals surface area contributed by atoms with Crippen molar-refractivity contribution in [2.24, 2.45) is 22.2 Å². The molecule has 4 amide bonds.